The Bertz CT molecular complexity index is 785. The van der Waals surface area contributed by atoms with Crippen molar-refractivity contribution in [1.82, 2.24) is 20.2 Å². The van der Waals surface area contributed by atoms with Gasteiger partial charge >= 0.3 is 5.97 Å². The average Bonchev–Trinajstić information content (AvgIpc) is 3.03. The predicted molar refractivity (Wildman–Crippen MR) is 83.6 cm³/mol. The molecule has 1 saturated heterocycles. The quantitative estimate of drug-likeness (QED) is 0.878. The normalized spacial score (nSPS) is 14.5. The van der Waals surface area contributed by atoms with E-state index in [0.29, 0.717) is 18.7 Å². The molecule has 2 aromatic rings. The van der Waals surface area contributed by atoms with Crippen LogP contribution in [0.3, 0.4) is 0 Å². The second-order valence-corrected chi connectivity index (χ2v) is 5.41. The Hall–Kier alpha value is -3.16. The Morgan fingerprint density at radius 3 is 2.58 bits per heavy atom. The molecule has 0 spiro atoms. The van der Waals surface area contributed by atoms with Crippen LogP contribution in [0.25, 0.3) is 5.69 Å². The van der Waals surface area contributed by atoms with Crippen molar-refractivity contribution >= 4 is 17.8 Å². The van der Waals surface area contributed by atoms with Crippen molar-refractivity contribution in [2.45, 2.75) is 19.3 Å². The largest absolute Gasteiger partial charge is 0.476 e. The molecule has 8 nitrogen and oxygen atoms in total. The van der Waals surface area contributed by atoms with Crippen molar-refractivity contribution in [1.29, 1.82) is 0 Å². The molecule has 124 valence electrons. The molecular weight excluding hydrogens is 312 g/mol. The molecule has 1 aliphatic rings. The molecule has 2 amide bonds. The van der Waals surface area contributed by atoms with Crippen LogP contribution in [0.2, 0.25) is 0 Å². The number of carboxylic acid groups (broad SMARTS) is 1. The number of hydrogen-bond donors (Lipinski definition) is 2. The number of hydrogen-bond acceptors (Lipinski definition) is 4. The number of nitrogens with zero attached hydrogens (tertiary/aromatic N) is 3. The number of amides is 2. The number of piperidine rings is 1. The summed E-state index contributed by atoms with van der Waals surface area (Å²) >= 11 is 0. The van der Waals surface area contributed by atoms with Gasteiger partial charge < -0.3 is 5.11 Å². The molecule has 2 heterocycles. The van der Waals surface area contributed by atoms with Gasteiger partial charge in [0.05, 0.1) is 5.69 Å². The summed E-state index contributed by atoms with van der Waals surface area (Å²) < 4.78 is 1.26. The molecule has 1 fully saturated rings. The van der Waals surface area contributed by atoms with Gasteiger partial charge in [-0.05, 0) is 25.0 Å². The van der Waals surface area contributed by atoms with Crippen LogP contribution >= 0.6 is 0 Å². The lowest BCUT2D eigenvalue weighted by atomic mass is 10.1. The minimum atomic E-state index is -1.23. The fourth-order valence-electron chi connectivity index (χ4n) is 2.52. The number of rotatable bonds is 4. The molecule has 0 radical (unpaired) electrons. The number of carboxylic acids is 1. The average molecular weight is 328 g/mol. The van der Waals surface area contributed by atoms with E-state index < -0.39 is 11.9 Å². The molecule has 1 aliphatic heterocycles. The van der Waals surface area contributed by atoms with E-state index in [4.69, 9.17) is 5.11 Å². The highest BCUT2D eigenvalue weighted by Gasteiger charge is 2.24. The number of aromatic nitrogens is 2. The first-order valence-corrected chi connectivity index (χ1v) is 7.56. The van der Waals surface area contributed by atoms with E-state index in [0.717, 1.165) is 12.8 Å². The van der Waals surface area contributed by atoms with Crippen LogP contribution in [0, 0.1) is 0 Å². The molecule has 8 heteroatoms. The van der Waals surface area contributed by atoms with Gasteiger partial charge in [-0.3, -0.25) is 20.0 Å². The number of para-hydroxylation sites is 1. The smallest absolute Gasteiger partial charge is 0.356 e. The molecule has 1 aromatic carbocycles. The molecular formula is C16H16N4O4. The third-order valence-electron chi connectivity index (χ3n) is 3.72. The Labute approximate surface area is 137 Å². The van der Waals surface area contributed by atoms with Crippen LogP contribution in [0.15, 0.2) is 36.4 Å². The molecule has 2 N–H and O–H groups in total. The summed E-state index contributed by atoms with van der Waals surface area (Å²) in [6.45, 7) is 0.440. The first kappa shape index (κ1) is 15.7. The summed E-state index contributed by atoms with van der Waals surface area (Å²) in [6.07, 6.45) is 2.00. The topological polar surface area (TPSA) is 105 Å². The zero-order valence-corrected chi connectivity index (χ0v) is 12.8. The fourth-order valence-corrected chi connectivity index (χ4v) is 2.52. The van der Waals surface area contributed by atoms with Crippen LogP contribution in [-0.4, -0.2) is 44.2 Å². The van der Waals surface area contributed by atoms with E-state index in [1.165, 1.54) is 15.8 Å². The van der Waals surface area contributed by atoms with E-state index in [-0.39, 0.29) is 17.3 Å². The summed E-state index contributed by atoms with van der Waals surface area (Å²) in [5.74, 6) is -1.96. The van der Waals surface area contributed by atoms with Gasteiger partial charge in [-0.25, -0.2) is 9.48 Å². The molecule has 0 aliphatic carbocycles. The van der Waals surface area contributed by atoms with Gasteiger partial charge in [-0.2, -0.15) is 5.10 Å². The minimum Gasteiger partial charge on any atom is -0.476 e. The number of hydrazine groups is 1. The monoisotopic (exact) mass is 328 g/mol. The number of carbonyl (C=O) groups excluding carboxylic acids is 2. The van der Waals surface area contributed by atoms with E-state index in [9.17, 15) is 14.4 Å². The van der Waals surface area contributed by atoms with Crippen LogP contribution < -0.4 is 5.43 Å². The van der Waals surface area contributed by atoms with Gasteiger partial charge in [0.1, 0.15) is 5.69 Å². The zero-order valence-electron chi connectivity index (χ0n) is 12.8. The van der Waals surface area contributed by atoms with Crippen molar-refractivity contribution in [2.75, 3.05) is 6.54 Å². The molecule has 1 aromatic heterocycles. The summed E-state index contributed by atoms with van der Waals surface area (Å²) in [4.78, 5) is 35.5. The van der Waals surface area contributed by atoms with Crippen LogP contribution in [0.5, 0.6) is 0 Å². The molecule has 0 bridgehead atoms. The molecule has 24 heavy (non-hydrogen) atoms. The lowest BCUT2D eigenvalue weighted by Crippen LogP contribution is -2.48. The first-order valence-electron chi connectivity index (χ1n) is 7.56. The first-order chi connectivity index (χ1) is 11.6. The Balaban J connectivity index is 1.92. The van der Waals surface area contributed by atoms with Gasteiger partial charge in [-0.1, -0.05) is 18.2 Å². The third kappa shape index (κ3) is 3.12. The predicted octanol–water partition coefficient (Wildman–Crippen LogP) is 1.23. The standard InChI is InChI=1S/C16H16N4O4/c21-14-8-4-5-9-19(14)18-15(22)13-10-12(16(23)24)17-20(13)11-6-2-1-3-7-11/h1-3,6-7,10H,4-5,8-9H2,(H,18,22)(H,23,24). The van der Waals surface area contributed by atoms with Gasteiger partial charge in [0, 0.05) is 19.0 Å². The van der Waals surface area contributed by atoms with Gasteiger partial charge in [0.15, 0.2) is 5.69 Å². The highest BCUT2D eigenvalue weighted by Crippen LogP contribution is 2.14. The number of aromatic carboxylic acids is 1. The number of nitrogens with one attached hydrogen (secondary N) is 1. The maximum Gasteiger partial charge on any atom is 0.356 e. The van der Waals surface area contributed by atoms with Crippen LogP contribution in [-0.2, 0) is 4.79 Å². The molecule has 0 unspecified atom stereocenters. The van der Waals surface area contributed by atoms with E-state index in [1.54, 1.807) is 30.3 Å². The van der Waals surface area contributed by atoms with Gasteiger partial charge in [0.2, 0.25) is 5.91 Å². The molecule has 0 atom stereocenters. The summed E-state index contributed by atoms with van der Waals surface area (Å²) in [5.41, 5.74) is 2.91. The van der Waals surface area contributed by atoms with Gasteiger partial charge in [-0.15, -0.1) is 0 Å². The fraction of sp³-hybridized carbons (Fsp3) is 0.250. The van der Waals surface area contributed by atoms with Crippen molar-refractivity contribution < 1.29 is 19.5 Å². The Morgan fingerprint density at radius 2 is 1.92 bits per heavy atom. The van der Waals surface area contributed by atoms with Crippen molar-refractivity contribution in [3.63, 3.8) is 0 Å². The van der Waals surface area contributed by atoms with E-state index >= 15 is 0 Å². The van der Waals surface area contributed by atoms with E-state index in [2.05, 4.69) is 10.5 Å². The maximum absolute atomic E-state index is 12.5. The lowest BCUT2D eigenvalue weighted by molar-refractivity contribution is -0.135. The highest BCUT2D eigenvalue weighted by molar-refractivity contribution is 5.97. The highest BCUT2D eigenvalue weighted by atomic mass is 16.4. The third-order valence-corrected chi connectivity index (χ3v) is 3.72. The number of benzene rings is 1. The van der Waals surface area contributed by atoms with Crippen LogP contribution in [0.4, 0.5) is 0 Å². The Morgan fingerprint density at radius 1 is 1.17 bits per heavy atom. The lowest BCUT2D eigenvalue weighted by Gasteiger charge is -2.26. The van der Waals surface area contributed by atoms with Crippen molar-refractivity contribution in [3.05, 3.63) is 47.8 Å². The second kappa shape index (κ2) is 6.53. The minimum absolute atomic E-state index is 0.0528. The van der Waals surface area contributed by atoms with Gasteiger partial charge in [0.25, 0.3) is 5.91 Å². The second-order valence-electron chi connectivity index (χ2n) is 5.41. The van der Waals surface area contributed by atoms with Crippen LogP contribution in [0.1, 0.15) is 40.2 Å². The maximum atomic E-state index is 12.5. The molecule has 3 rings (SSSR count). The SMILES string of the molecule is O=C(O)c1cc(C(=O)NN2CCCCC2=O)n(-c2ccccc2)n1. The summed E-state index contributed by atoms with van der Waals surface area (Å²) in [5, 5.41) is 14.4. The molecule has 0 saturated carbocycles. The Kier molecular flexibility index (Phi) is 4.28. The summed E-state index contributed by atoms with van der Waals surface area (Å²) in [7, 11) is 0. The van der Waals surface area contributed by atoms with Crippen molar-refractivity contribution in [2.24, 2.45) is 0 Å². The summed E-state index contributed by atoms with van der Waals surface area (Å²) in [6, 6.07) is 9.93. The zero-order chi connectivity index (χ0) is 17.1. The number of carbonyl (C=O) groups is 3. The van der Waals surface area contributed by atoms with E-state index in [1.807, 2.05) is 0 Å². The van der Waals surface area contributed by atoms with Crippen molar-refractivity contribution in [3.8, 4) is 5.69 Å².